The quantitative estimate of drug-likeness (QED) is 0.610. The second-order valence-electron chi connectivity index (χ2n) is 3.44. The third kappa shape index (κ3) is 2.74. The zero-order chi connectivity index (χ0) is 9.68. The number of terminal acetylenes is 1. The van der Waals surface area contributed by atoms with E-state index in [0.29, 0.717) is 6.54 Å². The highest BCUT2D eigenvalue weighted by molar-refractivity contribution is 5.79. The van der Waals surface area contributed by atoms with Crippen LogP contribution in [0, 0.1) is 18.3 Å². The van der Waals surface area contributed by atoms with E-state index in [1.807, 2.05) is 0 Å². The minimum absolute atomic E-state index is 0.132. The number of carbonyl (C=O) groups excluding carboxylic acids is 1. The average molecular weight is 180 g/mol. The van der Waals surface area contributed by atoms with Gasteiger partial charge < -0.3 is 10.2 Å². The third-order valence-corrected chi connectivity index (χ3v) is 2.35. The zero-order valence-electron chi connectivity index (χ0n) is 8.05. The molecule has 1 aliphatic rings. The Morgan fingerprint density at radius 1 is 1.77 bits per heavy atom. The van der Waals surface area contributed by atoms with Gasteiger partial charge in [-0.2, -0.15) is 0 Å². The summed E-state index contributed by atoms with van der Waals surface area (Å²) in [7, 11) is 1.76. The van der Waals surface area contributed by atoms with Gasteiger partial charge in [-0.05, 0) is 19.4 Å². The summed E-state index contributed by atoms with van der Waals surface area (Å²) >= 11 is 0. The molecular weight excluding hydrogens is 164 g/mol. The van der Waals surface area contributed by atoms with Crippen LogP contribution in [0.2, 0.25) is 0 Å². The van der Waals surface area contributed by atoms with E-state index in [-0.39, 0.29) is 11.8 Å². The lowest BCUT2D eigenvalue weighted by molar-refractivity contribution is -0.134. The van der Waals surface area contributed by atoms with Crippen LogP contribution in [0.4, 0.5) is 0 Å². The third-order valence-electron chi connectivity index (χ3n) is 2.35. The minimum atomic E-state index is 0.132. The first-order valence-corrected chi connectivity index (χ1v) is 4.65. The first kappa shape index (κ1) is 10.1. The molecule has 3 nitrogen and oxygen atoms in total. The molecule has 1 heterocycles. The van der Waals surface area contributed by atoms with Crippen LogP contribution in [0.15, 0.2) is 0 Å². The molecule has 72 valence electrons. The summed E-state index contributed by atoms with van der Waals surface area (Å²) in [5, 5.41) is 3.21. The van der Waals surface area contributed by atoms with Crippen molar-refractivity contribution in [2.75, 3.05) is 26.7 Å². The van der Waals surface area contributed by atoms with Crippen molar-refractivity contribution in [2.45, 2.75) is 12.8 Å². The van der Waals surface area contributed by atoms with Gasteiger partial charge in [-0.25, -0.2) is 0 Å². The molecule has 1 rings (SSSR count). The van der Waals surface area contributed by atoms with Crippen molar-refractivity contribution in [1.82, 2.24) is 10.2 Å². The summed E-state index contributed by atoms with van der Waals surface area (Å²) in [5.41, 5.74) is 0. The maximum Gasteiger partial charge on any atom is 0.227 e. The van der Waals surface area contributed by atoms with Crippen LogP contribution in [0.1, 0.15) is 12.8 Å². The largest absolute Gasteiger partial charge is 0.334 e. The van der Waals surface area contributed by atoms with Crippen LogP contribution in [0.5, 0.6) is 0 Å². The van der Waals surface area contributed by atoms with Crippen molar-refractivity contribution >= 4 is 5.91 Å². The molecule has 0 aromatic carbocycles. The molecule has 1 N–H and O–H groups in total. The number of hydrogen-bond acceptors (Lipinski definition) is 2. The van der Waals surface area contributed by atoms with E-state index in [2.05, 4.69) is 11.2 Å². The number of hydrogen-bond donors (Lipinski definition) is 1. The first-order valence-electron chi connectivity index (χ1n) is 4.65. The highest BCUT2D eigenvalue weighted by Gasteiger charge is 2.23. The zero-order valence-corrected chi connectivity index (χ0v) is 8.05. The van der Waals surface area contributed by atoms with Crippen molar-refractivity contribution in [2.24, 2.45) is 5.92 Å². The molecule has 0 unspecified atom stereocenters. The van der Waals surface area contributed by atoms with E-state index in [9.17, 15) is 4.79 Å². The summed E-state index contributed by atoms with van der Waals surface area (Å²) in [5.74, 6) is 2.78. The molecule has 1 saturated heterocycles. The van der Waals surface area contributed by atoms with Gasteiger partial charge in [0.1, 0.15) is 0 Å². The number of piperidine rings is 1. The van der Waals surface area contributed by atoms with E-state index in [1.54, 1.807) is 11.9 Å². The normalized spacial score (nSPS) is 22.0. The molecule has 0 aromatic heterocycles. The van der Waals surface area contributed by atoms with E-state index in [0.717, 1.165) is 25.9 Å². The molecule has 0 aromatic rings. The highest BCUT2D eigenvalue weighted by Crippen LogP contribution is 2.12. The average Bonchev–Trinajstić information content (AvgIpc) is 2.18. The summed E-state index contributed by atoms with van der Waals surface area (Å²) in [6, 6.07) is 0. The van der Waals surface area contributed by atoms with E-state index in [4.69, 9.17) is 6.42 Å². The Hall–Kier alpha value is -1.01. The predicted molar refractivity (Wildman–Crippen MR) is 52.1 cm³/mol. The van der Waals surface area contributed by atoms with Gasteiger partial charge in [0, 0.05) is 13.6 Å². The molecule has 0 radical (unpaired) electrons. The van der Waals surface area contributed by atoms with Crippen LogP contribution in [-0.4, -0.2) is 37.5 Å². The molecular formula is C10H16N2O. The first-order chi connectivity index (χ1) is 6.25. The molecule has 13 heavy (non-hydrogen) atoms. The van der Waals surface area contributed by atoms with Crippen LogP contribution in [0.3, 0.4) is 0 Å². The predicted octanol–water partition coefficient (Wildman–Crippen LogP) is 0.0776. The Morgan fingerprint density at radius 2 is 2.54 bits per heavy atom. The Morgan fingerprint density at radius 3 is 3.08 bits per heavy atom. The lowest BCUT2D eigenvalue weighted by Gasteiger charge is -2.25. The van der Waals surface area contributed by atoms with E-state index in [1.165, 1.54) is 0 Å². The minimum Gasteiger partial charge on any atom is -0.334 e. The van der Waals surface area contributed by atoms with Gasteiger partial charge in [0.15, 0.2) is 0 Å². The molecule has 0 spiro atoms. The van der Waals surface area contributed by atoms with Crippen LogP contribution in [0.25, 0.3) is 0 Å². The molecule has 0 aliphatic carbocycles. The molecule has 1 amide bonds. The lowest BCUT2D eigenvalue weighted by Crippen LogP contribution is -2.41. The Kier molecular flexibility index (Phi) is 3.78. The van der Waals surface area contributed by atoms with Crippen molar-refractivity contribution in [3.8, 4) is 12.3 Å². The Labute approximate surface area is 79.5 Å². The number of nitrogens with zero attached hydrogens (tertiary/aromatic N) is 1. The number of nitrogens with one attached hydrogen (secondary N) is 1. The van der Waals surface area contributed by atoms with Crippen LogP contribution < -0.4 is 5.32 Å². The Bertz CT molecular complexity index is 213. The standard InChI is InChI=1S/C10H16N2O/c1-3-7-12(2)10(13)9-5-4-6-11-8-9/h1,9,11H,4-8H2,2H3/t9-/m0/s1. The summed E-state index contributed by atoms with van der Waals surface area (Å²) in [6.45, 7) is 2.24. The van der Waals surface area contributed by atoms with Crippen molar-refractivity contribution in [3.05, 3.63) is 0 Å². The molecule has 1 fully saturated rings. The topological polar surface area (TPSA) is 32.3 Å². The fraction of sp³-hybridized carbons (Fsp3) is 0.700. The van der Waals surface area contributed by atoms with Crippen molar-refractivity contribution < 1.29 is 4.79 Å². The smallest absolute Gasteiger partial charge is 0.227 e. The fourth-order valence-electron chi connectivity index (χ4n) is 1.59. The summed E-state index contributed by atoms with van der Waals surface area (Å²) in [4.78, 5) is 13.3. The second-order valence-corrected chi connectivity index (χ2v) is 3.44. The highest BCUT2D eigenvalue weighted by atomic mass is 16.2. The van der Waals surface area contributed by atoms with Gasteiger partial charge in [0.05, 0.1) is 12.5 Å². The van der Waals surface area contributed by atoms with Gasteiger partial charge >= 0.3 is 0 Å². The molecule has 1 aliphatic heterocycles. The van der Waals surface area contributed by atoms with Crippen LogP contribution in [-0.2, 0) is 4.79 Å². The van der Waals surface area contributed by atoms with Gasteiger partial charge in [-0.3, -0.25) is 4.79 Å². The van der Waals surface area contributed by atoms with E-state index >= 15 is 0 Å². The van der Waals surface area contributed by atoms with Gasteiger partial charge in [-0.1, -0.05) is 5.92 Å². The number of rotatable bonds is 2. The molecule has 3 heteroatoms. The Balaban J connectivity index is 2.41. The van der Waals surface area contributed by atoms with Gasteiger partial charge in [0.25, 0.3) is 0 Å². The van der Waals surface area contributed by atoms with Crippen molar-refractivity contribution in [1.29, 1.82) is 0 Å². The van der Waals surface area contributed by atoms with Crippen molar-refractivity contribution in [3.63, 3.8) is 0 Å². The maximum atomic E-state index is 11.7. The number of carbonyl (C=O) groups is 1. The van der Waals surface area contributed by atoms with Gasteiger partial charge in [0.2, 0.25) is 5.91 Å². The lowest BCUT2D eigenvalue weighted by atomic mass is 9.98. The summed E-state index contributed by atoms with van der Waals surface area (Å²) in [6.07, 6.45) is 7.21. The molecule has 0 saturated carbocycles. The summed E-state index contributed by atoms with van der Waals surface area (Å²) < 4.78 is 0. The van der Waals surface area contributed by atoms with Gasteiger partial charge in [-0.15, -0.1) is 6.42 Å². The van der Waals surface area contributed by atoms with E-state index < -0.39 is 0 Å². The fourth-order valence-corrected chi connectivity index (χ4v) is 1.59. The SMILES string of the molecule is C#CCN(C)C(=O)[C@H]1CCCNC1. The maximum absolute atomic E-state index is 11.7. The molecule has 0 bridgehead atoms. The van der Waals surface area contributed by atoms with Crippen LogP contribution >= 0.6 is 0 Å². The monoisotopic (exact) mass is 180 g/mol. The molecule has 1 atom stereocenters. The second kappa shape index (κ2) is 4.88. The number of amides is 1.